The Balaban J connectivity index is 2.45. The van der Waals surface area contributed by atoms with Crippen molar-refractivity contribution < 1.29 is 24.1 Å². The molecule has 6 heteroatoms. The fraction of sp³-hybridized carbons (Fsp3) is 0.438. The first-order valence-corrected chi connectivity index (χ1v) is 6.99. The van der Waals surface area contributed by atoms with Crippen LogP contribution in [0.5, 0.6) is 11.5 Å². The highest BCUT2D eigenvalue weighted by Gasteiger charge is 2.15. The maximum absolute atomic E-state index is 12.2. The van der Waals surface area contributed by atoms with Gasteiger partial charge in [-0.15, -0.1) is 0 Å². The van der Waals surface area contributed by atoms with Crippen LogP contribution in [0.1, 0.15) is 19.1 Å². The molecule has 0 spiro atoms. The van der Waals surface area contributed by atoms with Crippen molar-refractivity contribution in [3.8, 4) is 11.5 Å². The first-order valence-electron chi connectivity index (χ1n) is 6.99. The van der Waals surface area contributed by atoms with E-state index in [4.69, 9.17) is 13.9 Å². The summed E-state index contributed by atoms with van der Waals surface area (Å²) in [6.07, 6.45) is -1.05. The first-order chi connectivity index (χ1) is 10.4. The highest BCUT2D eigenvalue weighted by atomic mass is 16.5. The second-order valence-corrected chi connectivity index (χ2v) is 5.24. The number of aliphatic hydroxyl groups is 2. The molecule has 0 saturated carbocycles. The molecule has 0 fully saturated rings. The van der Waals surface area contributed by atoms with Crippen LogP contribution in [0.2, 0.25) is 0 Å². The molecule has 0 radical (unpaired) electrons. The molecule has 0 saturated heterocycles. The molecule has 2 N–H and O–H groups in total. The van der Waals surface area contributed by atoms with Crippen LogP contribution in [0.3, 0.4) is 0 Å². The van der Waals surface area contributed by atoms with Crippen LogP contribution in [0, 0.1) is 0 Å². The zero-order valence-corrected chi connectivity index (χ0v) is 12.8. The molecular weight excluding hydrogens is 288 g/mol. The Morgan fingerprint density at radius 2 is 1.91 bits per heavy atom. The number of rotatable bonds is 6. The van der Waals surface area contributed by atoms with Gasteiger partial charge in [0.25, 0.3) is 0 Å². The minimum absolute atomic E-state index is 0.148. The fourth-order valence-electron chi connectivity index (χ4n) is 2.40. The van der Waals surface area contributed by atoms with Gasteiger partial charge in [-0.2, -0.15) is 0 Å². The Labute approximate surface area is 127 Å². The zero-order valence-electron chi connectivity index (χ0n) is 12.8. The average Bonchev–Trinajstić information content (AvgIpc) is 2.44. The topological polar surface area (TPSA) is 89.1 Å². The van der Waals surface area contributed by atoms with Crippen LogP contribution in [-0.4, -0.2) is 36.6 Å². The van der Waals surface area contributed by atoms with E-state index < -0.39 is 17.8 Å². The molecule has 0 bridgehead atoms. The van der Waals surface area contributed by atoms with E-state index >= 15 is 0 Å². The maximum atomic E-state index is 12.2. The van der Waals surface area contributed by atoms with Crippen LogP contribution >= 0.6 is 0 Å². The molecule has 120 valence electrons. The summed E-state index contributed by atoms with van der Waals surface area (Å²) in [4.78, 5) is 12.2. The molecule has 0 unspecified atom stereocenters. The molecule has 0 amide bonds. The van der Waals surface area contributed by atoms with Gasteiger partial charge >= 0.3 is 5.63 Å². The predicted octanol–water partition coefficient (Wildman–Crippen LogP) is 1.48. The molecule has 1 aromatic heterocycles. The minimum Gasteiger partial charge on any atom is -0.497 e. The Bertz CT molecular complexity index is 704. The van der Waals surface area contributed by atoms with Crippen LogP contribution in [0.25, 0.3) is 10.8 Å². The molecule has 0 aliphatic rings. The number of benzene rings is 1. The molecule has 22 heavy (non-hydrogen) atoms. The molecule has 0 aliphatic carbocycles. The maximum Gasteiger partial charge on any atom is 0.347 e. The van der Waals surface area contributed by atoms with Gasteiger partial charge in [-0.1, -0.05) is 0 Å². The van der Waals surface area contributed by atoms with Crippen molar-refractivity contribution in [1.29, 1.82) is 0 Å². The fourth-order valence-corrected chi connectivity index (χ4v) is 2.40. The molecule has 0 aliphatic heterocycles. The first kappa shape index (κ1) is 16.3. The molecular formula is C16H20O6. The Hall–Kier alpha value is -2.05. The van der Waals surface area contributed by atoms with E-state index in [1.165, 1.54) is 14.2 Å². The van der Waals surface area contributed by atoms with Gasteiger partial charge in [0, 0.05) is 12.5 Å². The van der Waals surface area contributed by atoms with Gasteiger partial charge in [0.15, 0.2) is 0 Å². The average molecular weight is 308 g/mol. The van der Waals surface area contributed by atoms with Crippen molar-refractivity contribution in [2.45, 2.75) is 32.0 Å². The van der Waals surface area contributed by atoms with E-state index in [0.717, 1.165) is 0 Å². The van der Waals surface area contributed by atoms with Crippen LogP contribution in [-0.2, 0) is 6.42 Å². The number of hydrogen-bond donors (Lipinski definition) is 2. The van der Waals surface area contributed by atoms with Crippen molar-refractivity contribution in [3.63, 3.8) is 0 Å². The van der Waals surface area contributed by atoms with Gasteiger partial charge in [0.1, 0.15) is 22.6 Å². The normalized spacial score (nSPS) is 13.9. The summed E-state index contributed by atoms with van der Waals surface area (Å²) in [5, 5.41) is 20.1. The van der Waals surface area contributed by atoms with Crippen LogP contribution in [0.15, 0.2) is 27.4 Å². The van der Waals surface area contributed by atoms with Gasteiger partial charge in [0.2, 0.25) is 0 Å². The Morgan fingerprint density at radius 3 is 2.50 bits per heavy atom. The van der Waals surface area contributed by atoms with Gasteiger partial charge in [-0.3, -0.25) is 0 Å². The highest BCUT2D eigenvalue weighted by molar-refractivity contribution is 5.88. The lowest BCUT2D eigenvalue weighted by Crippen LogP contribution is -2.18. The van der Waals surface area contributed by atoms with Crippen molar-refractivity contribution in [3.05, 3.63) is 34.4 Å². The standard InChI is InChI=1S/C16H20O6/c1-9(17)4-11(18)7-13-6-10-5-12(20-2)8-14(21-3)15(10)16(19)22-13/h5-6,8-9,11,17-18H,4,7H2,1-3H3/t9-,11+/m0/s1. The van der Waals surface area contributed by atoms with Gasteiger partial charge in [-0.25, -0.2) is 4.79 Å². The van der Waals surface area contributed by atoms with E-state index in [2.05, 4.69) is 0 Å². The number of fused-ring (bicyclic) bond motifs is 1. The molecule has 1 heterocycles. The summed E-state index contributed by atoms with van der Waals surface area (Å²) in [5.74, 6) is 1.28. The van der Waals surface area contributed by atoms with E-state index in [9.17, 15) is 15.0 Å². The lowest BCUT2D eigenvalue weighted by atomic mass is 10.1. The second-order valence-electron chi connectivity index (χ2n) is 5.24. The summed E-state index contributed by atoms with van der Waals surface area (Å²) in [7, 11) is 2.99. The van der Waals surface area contributed by atoms with Crippen molar-refractivity contribution in [2.24, 2.45) is 0 Å². The summed E-state index contributed by atoms with van der Waals surface area (Å²) >= 11 is 0. The lowest BCUT2D eigenvalue weighted by molar-refractivity contribution is 0.0871. The van der Waals surface area contributed by atoms with Gasteiger partial charge < -0.3 is 24.1 Å². The number of hydrogen-bond acceptors (Lipinski definition) is 6. The van der Waals surface area contributed by atoms with E-state index in [1.54, 1.807) is 25.1 Å². The number of aliphatic hydroxyl groups excluding tert-OH is 2. The van der Waals surface area contributed by atoms with E-state index in [0.29, 0.717) is 28.0 Å². The van der Waals surface area contributed by atoms with Crippen molar-refractivity contribution in [2.75, 3.05) is 14.2 Å². The van der Waals surface area contributed by atoms with Gasteiger partial charge in [0.05, 0.1) is 26.4 Å². The molecule has 6 nitrogen and oxygen atoms in total. The number of methoxy groups -OCH3 is 2. The van der Waals surface area contributed by atoms with Crippen LogP contribution < -0.4 is 15.1 Å². The monoisotopic (exact) mass is 308 g/mol. The van der Waals surface area contributed by atoms with Crippen molar-refractivity contribution >= 4 is 10.8 Å². The van der Waals surface area contributed by atoms with Crippen LogP contribution in [0.4, 0.5) is 0 Å². The molecule has 1 aromatic carbocycles. The lowest BCUT2D eigenvalue weighted by Gasteiger charge is -2.12. The smallest absolute Gasteiger partial charge is 0.347 e. The highest BCUT2D eigenvalue weighted by Crippen LogP contribution is 2.29. The molecule has 2 atom stereocenters. The van der Waals surface area contributed by atoms with E-state index in [-0.39, 0.29) is 12.8 Å². The third-order valence-corrected chi connectivity index (χ3v) is 3.36. The Kier molecular flexibility index (Phi) is 5.05. The molecule has 2 rings (SSSR count). The van der Waals surface area contributed by atoms with E-state index in [1.807, 2.05) is 0 Å². The summed E-state index contributed by atoms with van der Waals surface area (Å²) < 4.78 is 15.6. The third kappa shape index (κ3) is 3.58. The third-order valence-electron chi connectivity index (χ3n) is 3.36. The number of ether oxygens (including phenoxy) is 2. The zero-order chi connectivity index (χ0) is 16.3. The quantitative estimate of drug-likeness (QED) is 0.840. The van der Waals surface area contributed by atoms with Crippen molar-refractivity contribution in [1.82, 2.24) is 0 Å². The molecule has 2 aromatic rings. The Morgan fingerprint density at radius 1 is 1.18 bits per heavy atom. The van der Waals surface area contributed by atoms with Gasteiger partial charge in [-0.05, 0) is 30.9 Å². The predicted molar refractivity (Wildman–Crippen MR) is 81.6 cm³/mol. The minimum atomic E-state index is -0.784. The summed E-state index contributed by atoms with van der Waals surface area (Å²) in [6, 6.07) is 4.99. The summed E-state index contributed by atoms with van der Waals surface area (Å²) in [5.41, 5.74) is -0.531. The summed E-state index contributed by atoms with van der Waals surface area (Å²) in [6.45, 7) is 1.59. The SMILES string of the molecule is COc1cc(OC)c2c(=O)oc(C[C@H](O)C[C@H](C)O)cc2c1. The largest absolute Gasteiger partial charge is 0.497 e. The second kappa shape index (κ2) is 6.81.